The molecule has 0 aromatic heterocycles. The molecule has 0 aliphatic heterocycles. The zero-order chi connectivity index (χ0) is 5.86. The summed E-state index contributed by atoms with van der Waals surface area (Å²) in [5, 5.41) is 8.09. The zero-order valence-electron chi connectivity index (χ0n) is 4.56. The van der Waals surface area contributed by atoms with E-state index in [1.165, 1.54) is 4.90 Å². The molecule has 0 aliphatic rings. The van der Waals surface area contributed by atoms with Crippen molar-refractivity contribution in [3.05, 3.63) is 0 Å². The fraction of sp³-hybridized carbons (Fsp3) is 1.00. The van der Waals surface area contributed by atoms with Crippen LogP contribution >= 0.6 is 0 Å². The van der Waals surface area contributed by atoms with Gasteiger partial charge in [0.25, 0.3) is 0 Å². The summed E-state index contributed by atoms with van der Waals surface area (Å²) < 4.78 is 11.9. The first-order chi connectivity index (χ1) is 3.18. The van der Waals surface area contributed by atoms with Crippen LogP contribution in [-0.2, 0) is 0 Å². The second-order valence-corrected chi connectivity index (χ2v) is 1.58. The molecule has 0 aliphatic carbocycles. The van der Waals surface area contributed by atoms with Crippen molar-refractivity contribution < 1.29 is 9.50 Å². The van der Waals surface area contributed by atoms with E-state index in [4.69, 9.17) is 5.11 Å². The van der Waals surface area contributed by atoms with Crippen LogP contribution in [0.5, 0.6) is 0 Å². The summed E-state index contributed by atoms with van der Waals surface area (Å²) in [7, 11) is 3.14. The lowest BCUT2D eigenvalue weighted by Gasteiger charge is -2.11. The Balaban J connectivity index is 3.14. The Morgan fingerprint density at radius 3 is 2.14 bits per heavy atom. The predicted molar refractivity (Wildman–Crippen MR) is 25.7 cm³/mol. The highest BCUT2D eigenvalue weighted by molar-refractivity contribution is 4.45. The van der Waals surface area contributed by atoms with Gasteiger partial charge in [-0.2, -0.15) is 0 Å². The summed E-state index contributed by atoms with van der Waals surface area (Å²) in [6.45, 7) is -0.424. The lowest BCUT2D eigenvalue weighted by atomic mass is 10.6. The lowest BCUT2D eigenvalue weighted by Crippen LogP contribution is -2.26. The largest absolute Gasteiger partial charge is 0.392 e. The van der Waals surface area contributed by atoms with E-state index in [-0.39, 0.29) is 0 Å². The number of alkyl halides is 1. The normalized spacial score (nSPS) is 15.0. The van der Waals surface area contributed by atoms with E-state index in [2.05, 4.69) is 0 Å². The molecule has 0 heterocycles. The first-order valence-electron chi connectivity index (χ1n) is 2.10. The number of aliphatic hydroxyl groups is 1. The Hall–Kier alpha value is -0.150. The van der Waals surface area contributed by atoms with Gasteiger partial charge in [0.2, 0.25) is 0 Å². The highest BCUT2D eigenvalue weighted by atomic mass is 19.1. The van der Waals surface area contributed by atoms with Gasteiger partial charge in [-0.3, -0.25) is 4.90 Å². The quantitative estimate of drug-likeness (QED) is 0.495. The van der Waals surface area contributed by atoms with E-state index in [0.717, 1.165) is 0 Å². The Kier molecular flexibility index (Phi) is 2.87. The predicted octanol–water partition coefficient (Wildman–Crippen LogP) is -0.164. The van der Waals surface area contributed by atoms with Gasteiger partial charge >= 0.3 is 0 Å². The highest BCUT2D eigenvalue weighted by Gasteiger charge is 2.03. The zero-order valence-corrected chi connectivity index (χ0v) is 4.56. The van der Waals surface area contributed by atoms with Gasteiger partial charge in [0, 0.05) is 0 Å². The van der Waals surface area contributed by atoms with Gasteiger partial charge in [0.05, 0.1) is 6.61 Å². The molecule has 3 heteroatoms. The molecule has 0 fully saturated rings. The van der Waals surface area contributed by atoms with Crippen LogP contribution in [0.4, 0.5) is 4.39 Å². The smallest absolute Gasteiger partial charge is 0.176 e. The molecule has 0 bridgehead atoms. The monoisotopic (exact) mass is 107 g/mol. The third kappa shape index (κ3) is 2.53. The molecule has 7 heavy (non-hydrogen) atoms. The molecular weight excluding hydrogens is 97.0 g/mol. The Labute approximate surface area is 42.6 Å². The van der Waals surface area contributed by atoms with E-state index in [1.807, 2.05) is 0 Å². The Bertz CT molecular complexity index is 49.0. The van der Waals surface area contributed by atoms with Gasteiger partial charge in [-0.1, -0.05) is 0 Å². The molecule has 0 spiro atoms. The van der Waals surface area contributed by atoms with Crippen LogP contribution in [0.3, 0.4) is 0 Å². The van der Waals surface area contributed by atoms with Crippen molar-refractivity contribution in [2.24, 2.45) is 0 Å². The molecular formula is C4H10FNO. The maximum Gasteiger partial charge on any atom is 0.176 e. The third-order valence-corrected chi connectivity index (χ3v) is 0.711. The fourth-order valence-corrected chi connectivity index (χ4v) is 0.163. The number of aliphatic hydroxyl groups excluding tert-OH is 1. The molecule has 0 aromatic carbocycles. The molecule has 1 unspecified atom stereocenters. The van der Waals surface area contributed by atoms with Crippen molar-refractivity contribution in [1.29, 1.82) is 0 Å². The summed E-state index contributed by atoms with van der Waals surface area (Å²) in [5.74, 6) is 0. The first kappa shape index (κ1) is 6.85. The van der Waals surface area contributed by atoms with Gasteiger partial charge < -0.3 is 5.11 Å². The summed E-state index contributed by atoms with van der Waals surface area (Å²) in [6.07, 6.45) is -1.21. The second kappa shape index (κ2) is 2.93. The number of likely N-dealkylation sites (N-methyl/N-ethyl adjacent to an activating group) is 1. The van der Waals surface area contributed by atoms with Crippen molar-refractivity contribution >= 4 is 0 Å². The molecule has 0 radical (unpaired) electrons. The van der Waals surface area contributed by atoms with Crippen LogP contribution < -0.4 is 0 Å². The van der Waals surface area contributed by atoms with Crippen molar-refractivity contribution in [3.63, 3.8) is 0 Å². The minimum atomic E-state index is -1.21. The first-order valence-corrected chi connectivity index (χ1v) is 2.10. The summed E-state index contributed by atoms with van der Waals surface area (Å²) in [4.78, 5) is 1.31. The van der Waals surface area contributed by atoms with Gasteiger partial charge in [-0.25, -0.2) is 4.39 Å². The van der Waals surface area contributed by atoms with Crippen LogP contribution in [0.15, 0.2) is 0 Å². The van der Waals surface area contributed by atoms with Crippen LogP contribution in [0.1, 0.15) is 0 Å². The van der Waals surface area contributed by atoms with Crippen molar-refractivity contribution in [2.45, 2.75) is 6.30 Å². The molecule has 1 atom stereocenters. The van der Waals surface area contributed by atoms with Crippen LogP contribution in [0.2, 0.25) is 0 Å². The standard InChI is InChI=1S/C4H10FNO/c1-6(2)4(5)3-7/h4,7H,3H2,1-2H3. The van der Waals surface area contributed by atoms with Crippen LogP contribution in [0, 0.1) is 0 Å². The molecule has 0 rings (SSSR count). The van der Waals surface area contributed by atoms with E-state index < -0.39 is 12.9 Å². The van der Waals surface area contributed by atoms with Crippen LogP contribution in [-0.4, -0.2) is 37.0 Å². The van der Waals surface area contributed by atoms with Gasteiger partial charge in [-0.05, 0) is 14.1 Å². The average molecular weight is 107 g/mol. The minimum absolute atomic E-state index is 0.424. The Morgan fingerprint density at radius 1 is 1.71 bits per heavy atom. The highest BCUT2D eigenvalue weighted by Crippen LogP contribution is 1.89. The number of halogens is 1. The van der Waals surface area contributed by atoms with Crippen LogP contribution in [0.25, 0.3) is 0 Å². The van der Waals surface area contributed by atoms with Gasteiger partial charge in [0.15, 0.2) is 6.30 Å². The molecule has 0 amide bonds. The van der Waals surface area contributed by atoms with Crippen molar-refractivity contribution in [1.82, 2.24) is 4.90 Å². The van der Waals surface area contributed by atoms with Gasteiger partial charge in [0.1, 0.15) is 0 Å². The van der Waals surface area contributed by atoms with E-state index >= 15 is 0 Å². The topological polar surface area (TPSA) is 23.5 Å². The van der Waals surface area contributed by atoms with E-state index in [1.54, 1.807) is 14.1 Å². The SMILES string of the molecule is CN(C)C(F)CO. The van der Waals surface area contributed by atoms with Crippen molar-refractivity contribution in [3.8, 4) is 0 Å². The maximum absolute atomic E-state index is 11.9. The summed E-state index contributed by atoms with van der Waals surface area (Å²) in [6, 6.07) is 0. The number of rotatable bonds is 2. The Morgan fingerprint density at radius 2 is 2.14 bits per heavy atom. The molecule has 1 N–H and O–H groups in total. The minimum Gasteiger partial charge on any atom is -0.392 e. The summed E-state index contributed by atoms with van der Waals surface area (Å²) >= 11 is 0. The third-order valence-electron chi connectivity index (χ3n) is 0.711. The second-order valence-electron chi connectivity index (χ2n) is 1.58. The number of hydrogen-bond donors (Lipinski definition) is 1. The maximum atomic E-state index is 11.9. The molecule has 44 valence electrons. The fourth-order valence-electron chi connectivity index (χ4n) is 0.163. The molecule has 0 saturated heterocycles. The van der Waals surface area contributed by atoms with E-state index in [9.17, 15) is 4.39 Å². The van der Waals surface area contributed by atoms with E-state index in [0.29, 0.717) is 0 Å². The number of nitrogens with zero attached hydrogens (tertiary/aromatic N) is 1. The number of hydrogen-bond acceptors (Lipinski definition) is 2. The average Bonchev–Trinajstić information content (AvgIpc) is 1.65. The van der Waals surface area contributed by atoms with Gasteiger partial charge in [-0.15, -0.1) is 0 Å². The van der Waals surface area contributed by atoms with Crippen molar-refractivity contribution in [2.75, 3.05) is 20.7 Å². The molecule has 0 aromatic rings. The summed E-state index contributed by atoms with van der Waals surface area (Å²) in [5.41, 5.74) is 0. The lowest BCUT2D eigenvalue weighted by molar-refractivity contribution is 0.0672. The molecule has 0 saturated carbocycles. The molecule has 2 nitrogen and oxygen atoms in total.